The van der Waals surface area contributed by atoms with Crippen molar-refractivity contribution in [3.63, 3.8) is 0 Å². The minimum Gasteiger partial charge on any atom is -0.478 e. The van der Waals surface area contributed by atoms with Crippen molar-refractivity contribution < 1.29 is 18.9 Å². The molecule has 0 spiro atoms. The van der Waals surface area contributed by atoms with Gasteiger partial charge in [0, 0.05) is 16.1 Å². The maximum absolute atomic E-state index is 12.1. The quantitative estimate of drug-likeness (QED) is 0.850. The van der Waals surface area contributed by atoms with Gasteiger partial charge in [0.15, 0.2) is 0 Å². The number of primary amides is 1. The van der Waals surface area contributed by atoms with E-state index >= 15 is 0 Å². The first-order valence-electron chi connectivity index (χ1n) is 5.03. The van der Waals surface area contributed by atoms with E-state index in [9.17, 15) is 13.8 Å². The molecule has 0 aliphatic rings. The van der Waals surface area contributed by atoms with Crippen molar-refractivity contribution in [3.05, 3.63) is 28.2 Å². The minimum absolute atomic E-state index is 0.00602. The van der Waals surface area contributed by atoms with Crippen molar-refractivity contribution in [1.29, 1.82) is 0 Å². The number of aromatic carboxylic acids is 1. The lowest BCUT2D eigenvalue weighted by atomic mass is 10.2. The summed E-state index contributed by atoms with van der Waals surface area (Å²) in [6, 6.07) is 4.41. The van der Waals surface area contributed by atoms with Crippen LogP contribution in [0.5, 0.6) is 0 Å². The van der Waals surface area contributed by atoms with Crippen LogP contribution in [-0.2, 0) is 15.6 Å². The second-order valence-corrected chi connectivity index (χ2v) is 6.14. The molecule has 5 nitrogen and oxygen atoms in total. The van der Waals surface area contributed by atoms with Crippen molar-refractivity contribution >= 4 is 38.6 Å². The van der Waals surface area contributed by atoms with Gasteiger partial charge >= 0.3 is 5.97 Å². The first-order chi connectivity index (χ1) is 8.32. The molecule has 0 aliphatic heterocycles. The summed E-state index contributed by atoms with van der Waals surface area (Å²) in [6.45, 7) is 1.55. The average molecular weight is 334 g/mol. The number of carboxylic acid groups (broad SMARTS) is 1. The normalized spacial score (nSPS) is 13.9. The van der Waals surface area contributed by atoms with Gasteiger partial charge in [-0.15, -0.1) is 0 Å². The van der Waals surface area contributed by atoms with Crippen LogP contribution in [0.15, 0.2) is 27.6 Å². The van der Waals surface area contributed by atoms with Gasteiger partial charge in [0.1, 0.15) is 0 Å². The largest absolute Gasteiger partial charge is 0.478 e. The summed E-state index contributed by atoms with van der Waals surface area (Å²) in [6.07, 6.45) is 0. The number of hydrogen-bond acceptors (Lipinski definition) is 3. The second-order valence-electron chi connectivity index (χ2n) is 3.76. The minimum atomic E-state index is -1.59. The molecule has 0 saturated heterocycles. The lowest BCUT2D eigenvalue weighted by Crippen LogP contribution is -2.25. The summed E-state index contributed by atoms with van der Waals surface area (Å²) in [7, 11) is -1.59. The van der Waals surface area contributed by atoms with Crippen LogP contribution in [0.4, 0.5) is 0 Å². The highest BCUT2D eigenvalue weighted by Gasteiger charge is 2.19. The third-order valence-corrected chi connectivity index (χ3v) is 4.43. The fraction of sp³-hybridized carbons (Fsp3) is 0.273. The van der Waals surface area contributed by atoms with E-state index in [0.717, 1.165) is 0 Å². The molecule has 0 aliphatic carbocycles. The number of rotatable bonds is 5. The molecule has 1 rings (SSSR count). The Balaban J connectivity index is 3.08. The van der Waals surface area contributed by atoms with Crippen LogP contribution in [0, 0.1) is 5.92 Å². The zero-order valence-electron chi connectivity index (χ0n) is 9.55. The number of benzene rings is 1. The van der Waals surface area contributed by atoms with Crippen molar-refractivity contribution in [3.8, 4) is 0 Å². The molecule has 98 valence electrons. The number of carbonyl (C=O) groups excluding carboxylic acids is 1. The van der Waals surface area contributed by atoms with Gasteiger partial charge in [-0.2, -0.15) is 0 Å². The van der Waals surface area contributed by atoms with Crippen molar-refractivity contribution in [2.45, 2.75) is 11.8 Å². The van der Waals surface area contributed by atoms with Crippen LogP contribution in [0.2, 0.25) is 0 Å². The topological polar surface area (TPSA) is 97.5 Å². The zero-order chi connectivity index (χ0) is 13.9. The highest BCUT2D eigenvalue weighted by molar-refractivity contribution is 9.10. The summed E-state index contributed by atoms with van der Waals surface area (Å²) in [4.78, 5) is 22.1. The number of carboxylic acids is 1. The van der Waals surface area contributed by atoms with E-state index in [1.807, 2.05) is 0 Å². The highest BCUT2D eigenvalue weighted by Crippen LogP contribution is 2.21. The van der Waals surface area contributed by atoms with Crippen LogP contribution >= 0.6 is 15.9 Å². The predicted molar refractivity (Wildman–Crippen MR) is 70.7 cm³/mol. The molecule has 0 heterocycles. The van der Waals surface area contributed by atoms with Gasteiger partial charge < -0.3 is 10.8 Å². The lowest BCUT2D eigenvalue weighted by molar-refractivity contribution is -0.120. The molecular weight excluding hydrogens is 322 g/mol. The molecule has 0 fully saturated rings. The van der Waals surface area contributed by atoms with Crippen LogP contribution in [0.25, 0.3) is 0 Å². The van der Waals surface area contributed by atoms with E-state index in [2.05, 4.69) is 15.9 Å². The van der Waals surface area contributed by atoms with Crippen LogP contribution < -0.4 is 5.73 Å². The first-order valence-corrected chi connectivity index (χ1v) is 7.14. The van der Waals surface area contributed by atoms with E-state index in [1.54, 1.807) is 13.0 Å². The molecule has 2 unspecified atom stereocenters. The Hall–Kier alpha value is -1.21. The SMILES string of the molecule is CC(CS(=O)c1cc(Br)ccc1C(=O)O)C(N)=O. The zero-order valence-corrected chi connectivity index (χ0v) is 12.0. The first kappa shape index (κ1) is 14.8. The molecule has 0 bridgehead atoms. The van der Waals surface area contributed by atoms with Crippen LogP contribution in [0.1, 0.15) is 17.3 Å². The standard InChI is InChI=1S/C11H12BrNO4S/c1-6(10(13)14)5-18(17)9-4-7(12)2-3-8(9)11(15)16/h2-4,6H,5H2,1H3,(H2,13,14)(H,15,16). The molecule has 1 aromatic rings. The summed E-state index contributed by atoms with van der Waals surface area (Å²) in [5, 5.41) is 9.01. The third kappa shape index (κ3) is 3.64. The van der Waals surface area contributed by atoms with E-state index < -0.39 is 28.6 Å². The number of amides is 1. The van der Waals surface area contributed by atoms with Crippen molar-refractivity contribution in [2.75, 3.05) is 5.75 Å². The fourth-order valence-corrected chi connectivity index (χ4v) is 3.23. The third-order valence-electron chi connectivity index (χ3n) is 2.31. The van der Waals surface area contributed by atoms with Crippen molar-refractivity contribution in [1.82, 2.24) is 0 Å². The van der Waals surface area contributed by atoms with Gasteiger partial charge in [0.25, 0.3) is 0 Å². The Morgan fingerprint density at radius 2 is 2.11 bits per heavy atom. The number of hydrogen-bond donors (Lipinski definition) is 2. The molecule has 0 aromatic heterocycles. The smallest absolute Gasteiger partial charge is 0.336 e. The average Bonchev–Trinajstić information content (AvgIpc) is 2.28. The second kappa shape index (κ2) is 6.10. The molecule has 7 heteroatoms. The van der Waals surface area contributed by atoms with Gasteiger partial charge in [0.2, 0.25) is 5.91 Å². The van der Waals surface area contributed by atoms with Gasteiger partial charge in [-0.25, -0.2) is 4.79 Å². The summed E-state index contributed by atoms with van der Waals surface area (Å²) in [5.74, 6) is -2.29. The Bertz CT molecular complexity index is 518. The molecule has 0 saturated carbocycles. The monoisotopic (exact) mass is 333 g/mol. The molecule has 2 atom stereocenters. The van der Waals surface area contributed by atoms with E-state index in [4.69, 9.17) is 10.8 Å². The molecule has 3 N–H and O–H groups in total. The van der Waals surface area contributed by atoms with Gasteiger partial charge in [-0.1, -0.05) is 22.9 Å². The molecule has 1 amide bonds. The van der Waals surface area contributed by atoms with Crippen LogP contribution in [0.3, 0.4) is 0 Å². The Morgan fingerprint density at radius 1 is 1.50 bits per heavy atom. The molecule has 1 aromatic carbocycles. The fourth-order valence-electron chi connectivity index (χ4n) is 1.26. The Morgan fingerprint density at radius 3 is 2.61 bits per heavy atom. The summed E-state index contributed by atoms with van der Waals surface area (Å²) >= 11 is 3.19. The van der Waals surface area contributed by atoms with E-state index in [0.29, 0.717) is 4.47 Å². The molecular formula is C11H12BrNO4S. The lowest BCUT2D eigenvalue weighted by Gasteiger charge is -2.09. The number of carbonyl (C=O) groups is 2. The Labute approximate surface area is 115 Å². The number of nitrogens with two attached hydrogens (primary N) is 1. The Kier molecular flexibility index (Phi) is 5.03. The predicted octanol–water partition coefficient (Wildman–Crippen LogP) is 1.38. The summed E-state index contributed by atoms with van der Waals surface area (Å²) in [5.41, 5.74) is 5.06. The van der Waals surface area contributed by atoms with Gasteiger partial charge in [-0.3, -0.25) is 9.00 Å². The molecule has 18 heavy (non-hydrogen) atoms. The van der Waals surface area contributed by atoms with Gasteiger partial charge in [-0.05, 0) is 18.2 Å². The number of halogens is 1. The highest BCUT2D eigenvalue weighted by atomic mass is 79.9. The van der Waals surface area contributed by atoms with Crippen LogP contribution in [-0.4, -0.2) is 26.9 Å². The van der Waals surface area contributed by atoms with E-state index in [1.165, 1.54) is 12.1 Å². The molecule has 0 radical (unpaired) electrons. The maximum atomic E-state index is 12.1. The van der Waals surface area contributed by atoms with Crippen molar-refractivity contribution in [2.24, 2.45) is 11.7 Å². The summed E-state index contributed by atoms with van der Waals surface area (Å²) < 4.78 is 12.7. The van der Waals surface area contributed by atoms with Gasteiger partial charge in [0.05, 0.1) is 21.3 Å². The van der Waals surface area contributed by atoms with E-state index in [-0.39, 0.29) is 16.2 Å². The maximum Gasteiger partial charge on any atom is 0.336 e.